The first kappa shape index (κ1) is 14.7. The average molecular weight is 308 g/mol. The normalized spacial score (nSPS) is 11.3. The molecule has 0 radical (unpaired) electrons. The van der Waals surface area contributed by atoms with Crippen molar-refractivity contribution in [2.45, 2.75) is 0 Å². The van der Waals surface area contributed by atoms with Crippen LogP contribution in [0.25, 0.3) is 0 Å². The van der Waals surface area contributed by atoms with E-state index in [4.69, 9.17) is 9.83 Å². The van der Waals surface area contributed by atoms with Crippen LogP contribution in [0.4, 0.5) is 0 Å². The molecule has 0 aliphatic carbocycles. The van der Waals surface area contributed by atoms with Crippen LogP contribution in [0.2, 0.25) is 0 Å². The molecule has 3 aromatic carbocycles. The SMILES string of the molecule is OOO[Si](c1ccccc1)(c1ccccc1)c1ccccc1. The Morgan fingerprint density at radius 3 is 1.14 bits per heavy atom. The molecule has 4 heteroatoms. The van der Waals surface area contributed by atoms with Gasteiger partial charge in [0.15, 0.2) is 0 Å². The minimum Gasteiger partial charge on any atom is -0.240 e. The van der Waals surface area contributed by atoms with E-state index in [0.29, 0.717) is 0 Å². The van der Waals surface area contributed by atoms with E-state index in [-0.39, 0.29) is 0 Å². The summed E-state index contributed by atoms with van der Waals surface area (Å²) in [4.78, 5) is 0. The first-order valence-corrected chi connectivity index (χ1v) is 8.94. The summed E-state index contributed by atoms with van der Waals surface area (Å²) < 4.78 is 5.58. The molecule has 0 amide bonds. The van der Waals surface area contributed by atoms with Gasteiger partial charge in [-0.25, -0.2) is 9.83 Å². The zero-order chi connectivity index (χ0) is 15.3. The standard InChI is InChI=1S/C18H16O3Si/c19-20-21-22(16-10-4-1-5-11-16,17-12-6-2-7-13-17)18-14-8-3-9-15-18/h1-15,19H. The molecule has 110 valence electrons. The van der Waals surface area contributed by atoms with Gasteiger partial charge in [-0.1, -0.05) is 96.0 Å². The summed E-state index contributed by atoms with van der Waals surface area (Å²) >= 11 is 0. The molecule has 0 atom stereocenters. The van der Waals surface area contributed by atoms with Crippen LogP contribution in [0, 0.1) is 0 Å². The monoisotopic (exact) mass is 308 g/mol. The minimum atomic E-state index is -2.90. The lowest BCUT2D eigenvalue weighted by Gasteiger charge is -2.29. The lowest BCUT2D eigenvalue weighted by molar-refractivity contribution is -0.445. The molecule has 0 aliphatic heterocycles. The summed E-state index contributed by atoms with van der Waals surface area (Å²) in [5.41, 5.74) is 0. The second-order valence-electron chi connectivity index (χ2n) is 4.94. The van der Waals surface area contributed by atoms with Gasteiger partial charge in [-0.2, -0.15) is 0 Å². The third kappa shape index (κ3) is 2.60. The van der Waals surface area contributed by atoms with Crippen molar-refractivity contribution in [3.63, 3.8) is 0 Å². The molecule has 0 saturated carbocycles. The Balaban J connectivity index is 2.29. The number of rotatable bonds is 5. The molecule has 22 heavy (non-hydrogen) atoms. The smallest absolute Gasteiger partial charge is 0.240 e. The van der Waals surface area contributed by atoms with Crippen LogP contribution in [-0.4, -0.2) is 13.6 Å². The zero-order valence-electron chi connectivity index (χ0n) is 11.9. The Hall–Kier alpha value is -2.24. The molecular formula is C18H16O3Si. The topological polar surface area (TPSA) is 38.7 Å². The van der Waals surface area contributed by atoms with Crippen molar-refractivity contribution in [3.8, 4) is 0 Å². The molecule has 0 saturated heterocycles. The molecule has 0 bridgehead atoms. The summed E-state index contributed by atoms with van der Waals surface area (Å²) in [6.07, 6.45) is 0. The van der Waals surface area contributed by atoms with Gasteiger partial charge in [0.25, 0.3) is 0 Å². The largest absolute Gasteiger partial charge is 0.335 e. The van der Waals surface area contributed by atoms with E-state index < -0.39 is 8.32 Å². The van der Waals surface area contributed by atoms with Gasteiger partial charge in [0.05, 0.1) is 0 Å². The summed E-state index contributed by atoms with van der Waals surface area (Å²) in [6.45, 7) is 0. The van der Waals surface area contributed by atoms with E-state index in [9.17, 15) is 0 Å². The molecule has 0 aromatic heterocycles. The zero-order valence-corrected chi connectivity index (χ0v) is 12.9. The van der Waals surface area contributed by atoms with Crippen molar-refractivity contribution in [1.29, 1.82) is 0 Å². The fourth-order valence-corrected chi connectivity index (χ4v) is 6.10. The Bertz CT molecular complexity index is 606. The second-order valence-corrected chi connectivity index (χ2v) is 8.20. The molecule has 3 aromatic rings. The van der Waals surface area contributed by atoms with Crippen LogP contribution >= 0.6 is 0 Å². The van der Waals surface area contributed by atoms with E-state index in [1.807, 2.05) is 91.0 Å². The first-order chi connectivity index (χ1) is 10.9. The highest BCUT2D eigenvalue weighted by Gasteiger charge is 2.44. The van der Waals surface area contributed by atoms with Gasteiger partial charge in [-0.05, 0) is 15.6 Å². The van der Waals surface area contributed by atoms with Gasteiger partial charge in [0.2, 0.25) is 0 Å². The molecule has 0 spiro atoms. The molecule has 3 nitrogen and oxygen atoms in total. The summed E-state index contributed by atoms with van der Waals surface area (Å²) in [7, 11) is -2.90. The first-order valence-electron chi connectivity index (χ1n) is 7.04. The van der Waals surface area contributed by atoms with Crippen molar-refractivity contribution < 1.29 is 14.9 Å². The maximum absolute atomic E-state index is 9.10. The Kier molecular flexibility index (Phi) is 4.46. The third-order valence-electron chi connectivity index (χ3n) is 3.70. The van der Waals surface area contributed by atoms with Crippen LogP contribution in [0.1, 0.15) is 0 Å². The van der Waals surface area contributed by atoms with Gasteiger partial charge in [-0.3, -0.25) is 0 Å². The van der Waals surface area contributed by atoms with E-state index >= 15 is 0 Å². The Morgan fingerprint density at radius 2 is 0.864 bits per heavy atom. The maximum atomic E-state index is 9.10. The van der Waals surface area contributed by atoms with Crippen molar-refractivity contribution in [3.05, 3.63) is 91.0 Å². The third-order valence-corrected chi connectivity index (χ3v) is 7.47. The molecule has 1 N–H and O–H groups in total. The molecular weight excluding hydrogens is 292 g/mol. The quantitative estimate of drug-likeness (QED) is 0.339. The number of hydrogen-bond acceptors (Lipinski definition) is 3. The van der Waals surface area contributed by atoms with E-state index in [1.54, 1.807) is 0 Å². The molecule has 0 fully saturated rings. The van der Waals surface area contributed by atoms with Gasteiger partial charge in [-0.15, -0.1) is 0 Å². The Labute approximate surface area is 130 Å². The fourth-order valence-electron chi connectivity index (χ4n) is 2.72. The van der Waals surface area contributed by atoms with Crippen molar-refractivity contribution in [2.24, 2.45) is 0 Å². The molecule has 0 heterocycles. The lowest BCUT2D eigenvalue weighted by Crippen LogP contribution is -2.69. The second kappa shape index (κ2) is 6.68. The predicted octanol–water partition coefficient (Wildman–Crippen LogP) is 2.07. The molecule has 0 unspecified atom stereocenters. The van der Waals surface area contributed by atoms with Crippen LogP contribution in [0.3, 0.4) is 0 Å². The molecule has 3 rings (SSSR count). The molecule has 0 aliphatic rings. The predicted molar refractivity (Wildman–Crippen MR) is 88.8 cm³/mol. The van der Waals surface area contributed by atoms with Crippen LogP contribution in [-0.2, 0) is 9.61 Å². The minimum absolute atomic E-state index is 1.00. The van der Waals surface area contributed by atoms with Gasteiger partial charge >= 0.3 is 8.32 Å². The van der Waals surface area contributed by atoms with Crippen molar-refractivity contribution in [1.82, 2.24) is 0 Å². The number of hydrogen-bond donors (Lipinski definition) is 1. The van der Waals surface area contributed by atoms with E-state index in [1.165, 1.54) is 0 Å². The summed E-state index contributed by atoms with van der Waals surface area (Å²) in [6, 6.07) is 29.7. The highest BCUT2D eigenvalue weighted by Crippen LogP contribution is 2.09. The van der Waals surface area contributed by atoms with Crippen molar-refractivity contribution >= 4 is 23.9 Å². The average Bonchev–Trinajstić information content (AvgIpc) is 2.62. The van der Waals surface area contributed by atoms with Gasteiger partial charge < -0.3 is 0 Å². The Morgan fingerprint density at radius 1 is 0.545 bits per heavy atom. The van der Waals surface area contributed by atoms with Gasteiger partial charge in [0, 0.05) is 0 Å². The van der Waals surface area contributed by atoms with Crippen LogP contribution in [0.15, 0.2) is 91.0 Å². The van der Waals surface area contributed by atoms with Crippen molar-refractivity contribution in [2.75, 3.05) is 0 Å². The summed E-state index contributed by atoms with van der Waals surface area (Å²) in [5, 5.41) is 16.3. The van der Waals surface area contributed by atoms with E-state index in [2.05, 4.69) is 5.04 Å². The van der Waals surface area contributed by atoms with Gasteiger partial charge in [0.1, 0.15) is 0 Å². The fraction of sp³-hybridized carbons (Fsp3) is 0. The maximum Gasteiger partial charge on any atom is 0.335 e. The van der Waals surface area contributed by atoms with E-state index in [0.717, 1.165) is 15.6 Å². The number of benzene rings is 3. The lowest BCUT2D eigenvalue weighted by atomic mass is 10.3. The highest BCUT2D eigenvalue weighted by atomic mass is 28.4. The summed E-state index contributed by atoms with van der Waals surface area (Å²) in [5.74, 6) is 0. The van der Waals surface area contributed by atoms with Crippen LogP contribution < -0.4 is 15.6 Å². The van der Waals surface area contributed by atoms with Crippen LogP contribution in [0.5, 0.6) is 0 Å². The highest BCUT2D eigenvalue weighted by molar-refractivity contribution is 7.07.